The number of nitrogens with zero attached hydrogens (tertiary/aromatic N) is 2. The number of amides is 1. The number of ether oxygens (including phenoxy) is 1. The number of para-hydroxylation sites is 1. The number of anilines is 1. The number of methoxy groups -OCH3 is 1. The smallest absolute Gasteiger partial charge is 0.271 e. The van der Waals surface area contributed by atoms with Gasteiger partial charge in [0.25, 0.3) is 5.91 Å². The Bertz CT molecular complexity index is 916. The first-order valence-electron chi connectivity index (χ1n) is 8.37. The Balaban J connectivity index is 1.56. The summed E-state index contributed by atoms with van der Waals surface area (Å²) in [4.78, 5) is 20.7. The second kappa shape index (κ2) is 9.00. The van der Waals surface area contributed by atoms with Gasteiger partial charge in [0.2, 0.25) is 0 Å². The van der Waals surface area contributed by atoms with Crippen LogP contribution in [0, 0.1) is 0 Å². The fraction of sp³-hybridized carbons (Fsp3) is 0.150. The van der Waals surface area contributed by atoms with Crippen molar-refractivity contribution >= 4 is 23.3 Å². The molecule has 0 aliphatic heterocycles. The van der Waals surface area contributed by atoms with Gasteiger partial charge in [-0.3, -0.25) is 4.79 Å². The summed E-state index contributed by atoms with van der Waals surface area (Å²) in [5, 5.41) is 6.64. The van der Waals surface area contributed by atoms with E-state index in [9.17, 15) is 4.79 Å². The predicted octanol–water partition coefficient (Wildman–Crippen LogP) is 3.68. The Morgan fingerprint density at radius 2 is 1.74 bits per heavy atom. The van der Waals surface area contributed by atoms with E-state index < -0.39 is 0 Å². The number of hydrogen-bond acceptors (Lipinski definition) is 5. The molecule has 0 aliphatic rings. The van der Waals surface area contributed by atoms with Gasteiger partial charge in [-0.2, -0.15) is 0 Å². The minimum atomic E-state index is -0.300. The number of carbonyl (C=O) groups excluding carboxylic acids is 1. The zero-order chi connectivity index (χ0) is 19.1. The summed E-state index contributed by atoms with van der Waals surface area (Å²) < 4.78 is 5.27. The maximum absolute atomic E-state index is 12.3. The summed E-state index contributed by atoms with van der Waals surface area (Å²) in [6.07, 6.45) is 2.96. The average molecular weight is 383 g/mol. The molecular weight excluding hydrogens is 364 g/mol. The summed E-state index contributed by atoms with van der Waals surface area (Å²) in [6.45, 7) is 0.866. The summed E-state index contributed by atoms with van der Waals surface area (Å²) in [7, 11) is 1.60. The van der Waals surface area contributed by atoms with Gasteiger partial charge in [-0.1, -0.05) is 48.0 Å². The average Bonchev–Trinajstić information content (AvgIpc) is 2.72. The first kappa shape index (κ1) is 18.7. The second-order valence-electron chi connectivity index (χ2n) is 5.73. The summed E-state index contributed by atoms with van der Waals surface area (Å²) in [6, 6.07) is 15.1. The molecule has 0 atom stereocenters. The lowest BCUT2D eigenvalue weighted by Gasteiger charge is -2.10. The number of halogens is 1. The lowest BCUT2D eigenvalue weighted by Crippen LogP contribution is -2.24. The van der Waals surface area contributed by atoms with E-state index in [4.69, 9.17) is 16.3 Å². The van der Waals surface area contributed by atoms with E-state index >= 15 is 0 Å². The van der Waals surface area contributed by atoms with Gasteiger partial charge in [-0.25, -0.2) is 9.97 Å². The maximum atomic E-state index is 12.3. The molecule has 0 spiro atoms. The van der Waals surface area contributed by atoms with Crippen LogP contribution in [0.15, 0.2) is 60.9 Å². The van der Waals surface area contributed by atoms with Crippen LogP contribution < -0.4 is 15.4 Å². The molecule has 1 amide bonds. The Labute approximate surface area is 162 Å². The van der Waals surface area contributed by atoms with Crippen molar-refractivity contribution in [2.75, 3.05) is 12.4 Å². The lowest BCUT2D eigenvalue weighted by molar-refractivity contribution is 0.0945. The van der Waals surface area contributed by atoms with E-state index in [0.29, 0.717) is 23.9 Å². The highest BCUT2D eigenvalue weighted by Crippen LogP contribution is 2.17. The molecule has 3 rings (SSSR count). The summed E-state index contributed by atoms with van der Waals surface area (Å²) >= 11 is 6.13. The number of carbonyl (C=O) groups is 1. The second-order valence-corrected chi connectivity index (χ2v) is 6.13. The van der Waals surface area contributed by atoms with Gasteiger partial charge in [0, 0.05) is 23.7 Å². The molecule has 138 valence electrons. The zero-order valence-corrected chi connectivity index (χ0v) is 15.5. The minimum absolute atomic E-state index is 0.244. The number of rotatable bonds is 7. The molecule has 1 heterocycles. The third kappa shape index (κ3) is 4.95. The minimum Gasteiger partial charge on any atom is -0.496 e. The molecule has 0 saturated heterocycles. The topological polar surface area (TPSA) is 76.1 Å². The monoisotopic (exact) mass is 382 g/mol. The molecule has 0 unspecified atom stereocenters. The van der Waals surface area contributed by atoms with Crippen LogP contribution in [0.5, 0.6) is 5.75 Å². The standard InChI is InChI=1S/C20H19ClN4O2/c1-27-18-9-5-3-7-15(18)11-25-20(26)17-12-24-19(13-22-17)23-10-14-6-2-4-8-16(14)21/h2-9,12-13H,10-11H2,1H3,(H,23,24)(H,25,26). The molecule has 27 heavy (non-hydrogen) atoms. The van der Waals surface area contributed by atoms with Crippen molar-refractivity contribution < 1.29 is 9.53 Å². The van der Waals surface area contributed by atoms with Crippen molar-refractivity contribution in [1.29, 1.82) is 0 Å². The molecule has 0 aliphatic carbocycles. The highest BCUT2D eigenvalue weighted by molar-refractivity contribution is 6.31. The maximum Gasteiger partial charge on any atom is 0.271 e. The van der Waals surface area contributed by atoms with E-state index in [0.717, 1.165) is 16.9 Å². The molecule has 6 nitrogen and oxygen atoms in total. The molecule has 0 bridgehead atoms. The first-order chi connectivity index (χ1) is 13.2. The number of benzene rings is 2. The zero-order valence-electron chi connectivity index (χ0n) is 14.8. The van der Waals surface area contributed by atoms with Crippen LogP contribution >= 0.6 is 11.6 Å². The Kier molecular flexibility index (Phi) is 6.22. The predicted molar refractivity (Wildman–Crippen MR) is 105 cm³/mol. The van der Waals surface area contributed by atoms with Gasteiger partial charge in [0.1, 0.15) is 17.3 Å². The van der Waals surface area contributed by atoms with Gasteiger partial charge < -0.3 is 15.4 Å². The van der Waals surface area contributed by atoms with E-state index in [2.05, 4.69) is 20.6 Å². The number of aromatic nitrogens is 2. The van der Waals surface area contributed by atoms with E-state index in [1.54, 1.807) is 7.11 Å². The summed E-state index contributed by atoms with van der Waals surface area (Å²) in [5.74, 6) is 0.991. The molecule has 3 aromatic rings. The van der Waals surface area contributed by atoms with Crippen LogP contribution in [0.2, 0.25) is 5.02 Å². The molecule has 2 aromatic carbocycles. The van der Waals surface area contributed by atoms with Gasteiger partial charge in [-0.05, 0) is 17.7 Å². The first-order valence-corrected chi connectivity index (χ1v) is 8.74. The van der Waals surface area contributed by atoms with Crippen LogP contribution in [0.1, 0.15) is 21.6 Å². The van der Waals surface area contributed by atoms with Crippen LogP contribution in [0.25, 0.3) is 0 Å². The van der Waals surface area contributed by atoms with Crippen molar-refractivity contribution in [3.8, 4) is 5.75 Å². The highest BCUT2D eigenvalue weighted by Gasteiger charge is 2.09. The molecule has 0 saturated carbocycles. The molecule has 0 radical (unpaired) electrons. The summed E-state index contributed by atoms with van der Waals surface area (Å²) in [5.41, 5.74) is 2.09. The molecule has 7 heteroatoms. The lowest BCUT2D eigenvalue weighted by atomic mass is 10.2. The van der Waals surface area contributed by atoms with E-state index in [-0.39, 0.29) is 11.6 Å². The number of nitrogens with one attached hydrogen (secondary N) is 2. The quantitative estimate of drug-likeness (QED) is 0.651. The Morgan fingerprint density at radius 3 is 2.44 bits per heavy atom. The third-order valence-corrected chi connectivity index (χ3v) is 4.30. The van der Waals surface area contributed by atoms with Crippen LogP contribution in [-0.4, -0.2) is 23.0 Å². The van der Waals surface area contributed by atoms with E-state index in [1.807, 2.05) is 48.5 Å². The van der Waals surface area contributed by atoms with Gasteiger partial charge in [-0.15, -0.1) is 0 Å². The molecule has 2 N–H and O–H groups in total. The molecule has 1 aromatic heterocycles. The van der Waals surface area contributed by atoms with Gasteiger partial charge in [0.05, 0.1) is 19.5 Å². The van der Waals surface area contributed by atoms with Crippen LogP contribution in [0.4, 0.5) is 5.82 Å². The van der Waals surface area contributed by atoms with Crippen molar-refractivity contribution in [3.05, 3.63) is 82.8 Å². The van der Waals surface area contributed by atoms with Gasteiger partial charge >= 0.3 is 0 Å². The van der Waals surface area contributed by atoms with Crippen molar-refractivity contribution in [1.82, 2.24) is 15.3 Å². The number of hydrogen-bond donors (Lipinski definition) is 2. The fourth-order valence-corrected chi connectivity index (χ4v) is 2.68. The normalized spacial score (nSPS) is 10.3. The Hall–Kier alpha value is -3.12. The molecule has 0 fully saturated rings. The van der Waals surface area contributed by atoms with Crippen LogP contribution in [-0.2, 0) is 13.1 Å². The Morgan fingerprint density at radius 1 is 1.00 bits per heavy atom. The van der Waals surface area contributed by atoms with Crippen molar-refractivity contribution in [3.63, 3.8) is 0 Å². The van der Waals surface area contributed by atoms with Crippen LogP contribution in [0.3, 0.4) is 0 Å². The van der Waals surface area contributed by atoms with Crippen molar-refractivity contribution in [2.45, 2.75) is 13.1 Å². The SMILES string of the molecule is COc1ccccc1CNC(=O)c1cnc(NCc2ccccc2Cl)cn1. The van der Waals surface area contributed by atoms with Crippen molar-refractivity contribution in [2.24, 2.45) is 0 Å². The largest absolute Gasteiger partial charge is 0.496 e. The fourth-order valence-electron chi connectivity index (χ4n) is 2.48. The highest BCUT2D eigenvalue weighted by atomic mass is 35.5. The van der Waals surface area contributed by atoms with E-state index in [1.165, 1.54) is 12.4 Å². The third-order valence-electron chi connectivity index (χ3n) is 3.93. The van der Waals surface area contributed by atoms with Gasteiger partial charge in [0.15, 0.2) is 0 Å². The molecular formula is C20H19ClN4O2.